The molecule has 1 amide bonds. The first kappa shape index (κ1) is 22.4. The van der Waals surface area contributed by atoms with Gasteiger partial charge < -0.3 is 15.0 Å². The van der Waals surface area contributed by atoms with Crippen molar-refractivity contribution in [1.82, 2.24) is 5.32 Å². The highest BCUT2D eigenvalue weighted by Gasteiger charge is 2.29. The zero-order chi connectivity index (χ0) is 21.7. The van der Waals surface area contributed by atoms with Gasteiger partial charge in [-0.1, -0.05) is 29.8 Å². The number of amides is 1. The van der Waals surface area contributed by atoms with Crippen molar-refractivity contribution in [3.63, 3.8) is 0 Å². The minimum atomic E-state index is -3.68. The summed E-state index contributed by atoms with van der Waals surface area (Å²) >= 11 is 6.00. The van der Waals surface area contributed by atoms with E-state index in [1.54, 1.807) is 25.1 Å². The minimum Gasteiger partial charge on any atom is -0.378 e. The molecule has 7 nitrogen and oxygen atoms in total. The second kappa shape index (κ2) is 9.68. The number of benzene rings is 2. The van der Waals surface area contributed by atoms with Crippen molar-refractivity contribution >= 4 is 38.9 Å². The van der Waals surface area contributed by atoms with Crippen molar-refractivity contribution < 1.29 is 17.9 Å². The van der Waals surface area contributed by atoms with Gasteiger partial charge in [0.1, 0.15) is 6.04 Å². The Hall–Kier alpha value is -2.29. The molecule has 3 rings (SSSR count). The summed E-state index contributed by atoms with van der Waals surface area (Å²) in [5.74, 6) is -0.391. The van der Waals surface area contributed by atoms with Crippen LogP contribution in [-0.4, -0.2) is 52.9 Å². The number of carbonyl (C=O) groups is 1. The van der Waals surface area contributed by atoms with Crippen LogP contribution in [0.4, 0.5) is 11.4 Å². The van der Waals surface area contributed by atoms with Gasteiger partial charge in [-0.2, -0.15) is 0 Å². The van der Waals surface area contributed by atoms with Gasteiger partial charge in [0.2, 0.25) is 15.9 Å². The second-order valence-electron chi connectivity index (χ2n) is 7.20. The van der Waals surface area contributed by atoms with Crippen molar-refractivity contribution in [3.8, 4) is 0 Å². The van der Waals surface area contributed by atoms with Crippen molar-refractivity contribution in [1.29, 1.82) is 0 Å². The quantitative estimate of drug-likeness (QED) is 0.700. The summed E-state index contributed by atoms with van der Waals surface area (Å²) in [6.07, 6.45) is 1.07. The fourth-order valence-corrected chi connectivity index (χ4v) is 4.76. The smallest absolute Gasteiger partial charge is 0.243 e. The number of hydrogen-bond acceptors (Lipinski definition) is 5. The summed E-state index contributed by atoms with van der Waals surface area (Å²) < 4.78 is 31.1. The zero-order valence-electron chi connectivity index (χ0n) is 17.0. The standard InChI is InChI=1S/C21H26ClN3O4S/c1-16(25(30(2,27)28)20-5-3-4-18(22)14-20)21(26)23-15-17-6-8-19(9-7-17)24-10-12-29-13-11-24/h3-9,14,16H,10-13,15H2,1-2H3,(H,23,26)/t16-/m0/s1. The third-order valence-electron chi connectivity index (χ3n) is 4.93. The molecule has 0 bridgehead atoms. The monoisotopic (exact) mass is 451 g/mol. The minimum absolute atomic E-state index is 0.305. The maximum absolute atomic E-state index is 12.7. The fraction of sp³-hybridized carbons (Fsp3) is 0.381. The molecule has 0 radical (unpaired) electrons. The van der Waals surface area contributed by atoms with Crippen molar-refractivity contribution in [2.45, 2.75) is 19.5 Å². The maximum atomic E-state index is 12.7. The molecule has 30 heavy (non-hydrogen) atoms. The molecule has 9 heteroatoms. The summed E-state index contributed by atoms with van der Waals surface area (Å²) in [5.41, 5.74) is 2.40. The van der Waals surface area contributed by atoms with Gasteiger partial charge in [0, 0.05) is 30.3 Å². The van der Waals surface area contributed by atoms with Crippen LogP contribution in [0.1, 0.15) is 12.5 Å². The number of nitrogens with one attached hydrogen (secondary N) is 1. The highest BCUT2D eigenvalue weighted by atomic mass is 35.5. The van der Waals surface area contributed by atoms with E-state index < -0.39 is 22.0 Å². The number of anilines is 2. The lowest BCUT2D eigenvalue weighted by Crippen LogP contribution is -2.47. The Kier molecular flexibility index (Phi) is 7.23. The first-order chi connectivity index (χ1) is 14.3. The van der Waals surface area contributed by atoms with E-state index in [1.807, 2.05) is 24.3 Å². The first-order valence-electron chi connectivity index (χ1n) is 9.70. The van der Waals surface area contributed by atoms with Gasteiger partial charge in [0.25, 0.3) is 0 Å². The highest BCUT2D eigenvalue weighted by Crippen LogP contribution is 2.24. The number of halogens is 1. The normalized spacial score (nSPS) is 15.5. The predicted octanol–water partition coefficient (Wildman–Crippen LogP) is 2.65. The fourth-order valence-electron chi connectivity index (χ4n) is 3.41. The summed E-state index contributed by atoms with van der Waals surface area (Å²) in [7, 11) is -3.68. The molecule has 0 spiro atoms. The maximum Gasteiger partial charge on any atom is 0.243 e. The lowest BCUT2D eigenvalue weighted by Gasteiger charge is -2.29. The zero-order valence-corrected chi connectivity index (χ0v) is 18.6. The van der Waals surface area contributed by atoms with E-state index in [4.69, 9.17) is 16.3 Å². The molecule has 1 heterocycles. The van der Waals surface area contributed by atoms with Crippen LogP contribution < -0.4 is 14.5 Å². The number of sulfonamides is 1. The van der Waals surface area contributed by atoms with E-state index >= 15 is 0 Å². The number of carbonyl (C=O) groups excluding carboxylic acids is 1. The highest BCUT2D eigenvalue weighted by molar-refractivity contribution is 7.92. The summed E-state index contributed by atoms with van der Waals surface area (Å²) in [5, 5.41) is 3.22. The van der Waals surface area contributed by atoms with Crippen LogP contribution in [0.5, 0.6) is 0 Å². The van der Waals surface area contributed by atoms with E-state index in [9.17, 15) is 13.2 Å². The average Bonchev–Trinajstić information content (AvgIpc) is 2.72. The third kappa shape index (κ3) is 5.65. The van der Waals surface area contributed by atoms with Crippen molar-refractivity contribution in [3.05, 3.63) is 59.1 Å². The molecular weight excluding hydrogens is 426 g/mol. The molecule has 0 unspecified atom stereocenters. The Morgan fingerprint density at radius 2 is 1.87 bits per heavy atom. The molecule has 0 aliphatic carbocycles. The molecule has 1 fully saturated rings. The number of morpholine rings is 1. The molecule has 1 aliphatic heterocycles. The summed E-state index contributed by atoms with van der Waals surface area (Å²) in [4.78, 5) is 15.0. The van der Waals surface area contributed by atoms with Gasteiger partial charge in [-0.15, -0.1) is 0 Å². The Morgan fingerprint density at radius 1 is 1.20 bits per heavy atom. The SMILES string of the molecule is C[C@@H](C(=O)NCc1ccc(N2CCOCC2)cc1)N(c1cccc(Cl)c1)S(C)(=O)=O. The molecule has 162 valence electrons. The largest absolute Gasteiger partial charge is 0.378 e. The van der Waals surface area contributed by atoms with Gasteiger partial charge in [0.05, 0.1) is 25.2 Å². The molecule has 1 aliphatic rings. The van der Waals surface area contributed by atoms with Gasteiger partial charge in [-0.3, -0.25) is 9.10 Å². The molecule has 1 saturated heterocycles. The van der Waals surface area contributed by atoms with Gasteiger partial charge in [0.15, 0.2) is 0 Å². The van der Waals surface area contributed by atoms with Crippen LogP contribution in [0, 0.1) is 0 Å². The Morgan fingerprint density at radius 3 is 2.47 bits per heavy atom. The van der Waals surface area contributed by atoms with Crippen LogP contribution in [0.15, 0.2) is 48.5 Å². The number of ether oxygens (including phenoxy) is 1. The van der Waals surface area contributed by atoms with Gasteiger partial charge in [-0.05, 0) is 42.8 Å². The van der Waals surface area contributed by atoms with Crippen LogP contribution >= 0.6 is 11.6 Å². The number of rotatable bonds is 7. The van der Waals surface area contributed by atoms with Gasteiger partial charge >= 0.3 is 0 Å². The Labute approximate surface area is 182 Å². The molecule has 1 N–H and O–H groups in total. The lowest BCUT2D eigenvalue weighted by atomic mass is 10.1. The summed E-state index contributed by atoms with van der Waals surface area (Å²) in [6.45, 7) is 5.02. The molecular formula is C21H26ClN3O4S. The van der Waals surface area contributed by atoms with Gasteiger partial charge in [-0.25, -0.2) is 8.42 Å². The second-order valence-corrected chi connectivity index (χ2v) is 9.49. The number of nitrogens with zero attached hydrogens (tertiary/aromatic N) is 2. The first-order valence-corrected chi connectivity index (χ1v) is 11.9. The molecule has 1 atom stereocenters. The Balaban J connectivity index is 1.65. The van der Waals surface area contributed by atoms with E-state index in [1.165, 1.54) is 6.07 Å². The van der Waals surface area contributed by atoms with Crippen LogP contribution in [-0.2, 0) is 26.1 Å². The molecule has 2 aromatic carbocycles. The molecule has 0 aromatic heterocycles. The lowest BCUT2D eigenvalue weighted by molar-refractivity contribution is -0.122. The third-order valence-corrected chi connectivity index (χ3v) is 6.41. The van der Waals surface area contributed by atoms with Crippen LogP contribution in [0.2, 0.25) is 5.02 Å². The number of hydrogen-bond donors (Lipinski definition) is 1. The van der Waals surface area contributed by atoms with E-state index in [0.717, 1.165) is 48.1 Å². The summed E-state index contributed by atoms with van der Waals surface area (Å²) in [6, 6.07) is 13.5. The van der Waals surface area contributed by atoms with Crippen molar-refractivity contribution in [2.75, 3.05) is 41.8 Å². The van der Waals surface area contributed by atoms with Crippen molar-refractivity contribution in [2.24, 2.45) is 0 Å². The van der Waals surface area contributed by atoms with Crippen LogP contribution in [0.25, 0.3) is 0 Å². The van der Waals surface area contributed by atoms with E-state index in [2.05, 4.69) is 10.2 Å². The average molecular weight is 452 g/mol. The molecule has 0 saturated carbocycles. The Bertz CT molecular complexity index is 976. The van der Waals surface area contributed by atoms with E-state index in [0.29, 0.717) is 17.3 Å². The predicted molar refractivity (Wildman–Crippen MR) is 120 cm³/mol. The van der Waals surface area contributed by atoms with Crippen LogP contribution in [0.3, 0.4) is 0 Å². The topological polar surface area (TPSA) is 79.0 Å². The van der Waals surface area contributed by atoms with E-state index in [-0.39, 0.29) is 0 Å². The molecule has 2 aromatic rings.